The highest BCUT2D eigenvalue weighted by Crippen LogP contribution is 2.38. The summed E-state index contributed by atoms with van der Waals surface area (Å²) in [6.45, 7) is 11.2. The molecule has 5 aromatic rings. The number of hydrogen-bond acceptors (Lipinski definition) is 1. The molecule has 0 unspecified atom stereocenters. The number of rotatable bonds is 4. The van der Waals surface area contributed by atoms with Crippen LogP contribution in [0.2, 0.25) is 0 Å². The van der Waals surface area contributed by atoms with E-state index < -0.39 is 23.0 Å². The van der Waals surface area contributed by atoms with Gasteiger partial charge in [-0.05, 0) is 77.4 Å². The zero-order valence-electron chi connectivity index (χ0n) is 20.1. The lowest BCUT2D eigenvalue weighted by Gasteiger charge is -2.19. The van der Waals surface area contributed by atoms with Crippen molar-refractivity contribution < 1.29 is 13.2 Å². The van der Waals surface area contributed by atoms with Gasteiger partial charge in [-0.25, -0.2) is 4.85 Å². The molecule has 0 saturated heterocycles. The molecule has 3 aromatic carbocycles. The molecule has 0 aliphatic rings. The minimum absolute atomic E-state index is 0.0421. The van der Waals surface area contributed by atoms with Crippen LogP contribution < -0.4 is 5.56 Å². The maximum Gasteiger partial charge on any atom is 0.407 e. The summed E-state index contributed by atoms with van der Waals surface area (Å²) in [5, 5.41) is 1.01. The highest BCUT2D eigenvalue weighted by molar-refractivity contribution is 5.86. The van der Waals surface area contributed by atoms with Crippen molar-refractivity contribution in [1.82, 2.24) is 9.55 Å². The van der Waals surface area contributed by atoms with Gasteiger partial charge in [-0.3, -0.25) is 4.79 Å². The van der Waals surface area contributed by atoms with E-state index in [0.29, 0.717) is 5.56 Å². The Morgan fingerprint density at radius 3 is 2.41 bits per heavy atom. The predicted octanol–water partition coefficient (Wildman–Crippen LogP) is 7.90. The van der Waals surface area contributed by atoms with Crippen molar-refractivity contribution >= 4 is 16.6 Å². The van der Waals surface area contributed by atoms with Gasteiger partial charge in [0.25, 0.3) is 11.2 Å². The van der Waals surface area contributed by atoms with Crippen LogP contribution in [0, 0.1) is 20.4 Å². The van der Waals surface area contributed by atoms with Crippen molar-refractivity contribution in [1.29, 1.82) is 0 Å². The lowest BCUT2D eigenvalue weighted by Crippen LogP contribution is -2.25. The van der Waals surface area contributed by atoms with E-state index >= 15 is 0 Å². The zero-order chi connectivity index (χ0) is 26.3. The van der Waals surface area contributed by atoms with Crippen LogP contribution in [0.5, 0.6) is 0 Å². The first-order chi connectivity index (χ1) is 17.7. The fraction of sp³-hybridized carbons (Fsp3) is 0.133. The normalized spacial score (nSPS) is 11.6. The molecule has 2 heterocycles. The van der Waals surface area contributed by atoms with Gasteiger partial charge in [0.05, 0.1) is 18.7 Å². The maximum atomic E-state index is 13.9. The number of aromatic amines is 1. The monoisotopic (exact) mass is 497 g/mol. The third-order valence-electron chi connectivity index (χ3n) is 6.56. The van der Waals surface area contributed by atoms with Gasteiger partial charge in [-0.2, -0.15) is 13.2 Å². The molecule has 0 spiro atoms. The largest absolute Gasteiger partial charge is 0.407 e. The molecular formula is C30H22F3N3O. The Hall–Kier alpha value is -4.57. The summed E-state index contributed by atoms with van der Waals surface area (Å²) in [5.41, 5.74) is 2.87. The van der Waals surface area contributed by atoms with Crippen LogP contribution >= 0.6 is 0 Å². The average Bonchev–Trinajstić information content (AvgIpc) is 3.34. The van der Waals surface area contributed by atoms with E-state index in [-0.39, 0.29) is 12.2 Å². The fourth-order valence-corrected chi connectivity index (χ4v) is 4.64. The molecule has 0 atom stereocenters. The fourth-order valence-electron chi connectivity index (χ4n) is 4.64. The summed E-state index contributed by atoms with van der Waals surface area (Å²) in [7, 11) is 0. The average molecular weight is 498 g/mol. The van der Waals surface area contributed by atoms with E-state index in [1.165, 1.54) is 4.57 Å². The smallest absolute Gasteiger partial charge is 0.361 e. The quantitative estimate of drug-likeness (QED) is 0.252. The first kappa shape index (κ1) is 24.1. The summed E-state index contributed by atoms with van der Waals surface area (Å²) >= 11 is 0. The van der Waals surface area contributed by atoms with Gasteiger partial charge in [-0.1, -0.05) is 48.0 Å². The van der Waals surface area contributed by atoms with Crippen LogP contribution in [-0.2, 0) is 12.7 Å². The molecule has 0 aliphatic heterocycles. The van der Waals surface area contributed by atoms with Crippen molar-refractivity contribution in [2.24, 2.45) is 0 Å². The van der Waals surface area contributed by atoms with Gasteiger partial charge in [0.15, 0.2) is 0 Å². The topological polar surface area (TPSA) is 42.1 Å². The number of aromatic nitrogens is 2. The maximum absolute atomic E-state index is 13.9. The first-order valence-corrected chi connectivity index (χ1v) is 11.6. The van der Waals surface area contributed by atoms with Crippen LogP contribution in [0.25, 0.3) is 38.1 Å². The van der Waals surface area contributed by atoms with Crippen LogP contribution in [0.3, 0.4) is 0 Å². The second-order valence-corrected chi connectivity index (χ2v) is 9.08. The molecule has 0 bridgehead atoms. The Bertz CT molecular complexity index is 1750. The number of benzene rings is 3. The summed E-state index contributed by atoms with van der Waals surface area (Å²) in [6, 6.07) is 21.6. The molecule has 0 fully saturated rings. The lowest BCUT2D eigenvalue weighted by molar-refractivity contribution is -0.136. The van der Waals surface area contributed by atoms with E-state index in [1.807, 2.05) is 68.6 Å². The van der Waals surface area contributed by atoms with E-state index in [2.05, 4.69) is 9.83 Å². The number of H-pyrrole nitrogens is 1. The number of halogens is 3. The Balaban J connectivity index is 1.73. The highest BCUT2D eigenvalue weighted by atomic mass is 19.4. The molecule has 7 heteroatoms. The predicted molar refractivity (Wildman–Crippen MR) is 140 cm³/mol. The number of pyridine rings is 1. The van der Waals surface area contributed by atoms with E-state index in [9.17, 15) is 18.0 Å². The van der Waals surface area contributed by atoms with Gasteiger partial charge in [-0.15, -0.1) is 0 Å². The Morgan fingerprint density at radius 1 is 0.919 bits per heavy atom. The van der Waals surface area contributed by atoms with Gasteiger partial charge in [0.1, 0.15) is 0 Å². The third-order valence-corrected chi connectivity index (χ3v) is 6.56. The SMILES string of the molecule is [C-]#[N+]c1c(C(F)(F)F)cc(-c2cccc(-c3ccc4[nH]ccc4c3)c2)n(Cc2ccc(C)cc2C)c1=O. The van der Waals surface area contributed by atoms with E-state index in [0.717, 1.165) is 44.8 Å². The van der Waals surface area contributed by atoms with Gasteiger partial charge < -0.3 is 9.55 Å². The molecule has 1 N–H and O–H groups in total. The zero-order valence-corrected chi connectivity index (χ0v) is 20.1. The van der Waals surface area contributed by atoms with Crippen LogP contribution in [0.4, 0.5) is 18.9 Å². The van der Waals surface area contributed by atoms with E-state index in [1.54, 1.807) is 18.2 Å². The van der Waals surface area contributed by atoms with Crippen LogP contribution in [-0.4, -0.2) is 9.55 Å². The number of nitrogens with zero attached hydrogens (tertiary/aromatic N) is 2. The molecule has 5 rings (SSSR count). The number of alkyl halides is 3. The van der Waals surface area contributed by atoms with Crippen molar-refractivity contribution in [3.05, 3.63) is 123 Å². The summed E-state index contributed by atoms with van der Waals surface area (Å²) in [4.78, 5) is 19.5. The summed E-state index contributed by atoms with van der Waals surface area (Å²) < 4.78 is 43.1. The minimum Gasteiger partial charge on any atom is -0.361 e. The second kappa shape index (κ2) is 9.14. The molecule has 4 nitrogen and oxygen atoms in total. The van der Waals surface area contributed by atoms with Crippen LogP contribution in [0.15, 0.2) is 83.8 Å². The number of aryl methyl sites for hydroxylation is 2. The van der Waals surface area contributed by atoms with Crippen molar-refractivity contribution in [3.8, 4) is 22.4 Å². The van der Waals surface area contributed by atoms with Crippen molar-refractivity contribution in [2.75, 3.05) is 0 Å². The number of fused-ring (bicyclic) bond motifs is 1. The highest BCUT2D eigenvalue weighted by Gasteiger charge is 2.36. The Labute approximate surface area is 211 Å². The lowest BCUT2D eigenvalue weighted by atomic mass is 9.99. The molecular weight excluding hydrogens is 475 g/mol. The standard InChI is InChI=1S/C30H22F3N3O/c1-18-7-8-24(19(2)13-18)17-36-27(16-25(30(31,32)33)28(34-3)29(36)37)23-6-4-5-20(15-23)21-9-10-26-22(14-21)11-12-35-26/h4-16,35H,17H2,1-2H3. The molecule has 0 radical (unpaired) electrons. The number of hydrogen-bond donors (Lipinski definition) is 1. The second-order valence-electron chi connectivity index (χ2n) is 9.08. The Morgan fingerprint density at radius 2 is 1.68 bits per heavy atom. The van der Waals surface area contributed by atoms with Gasteiger partial charge >= 0.3 is 6.18 Å². The Kier molecular flexibility index (Phi) is 5.96. The van der Waals surface area contributed by atoms with E-state index in [4.69, 9.17) is 6.57 Å². The third kappa shape index (κ3) is 4.54. The molecule has 0 amide bonds. The summed E-state index contributed by atoms with van der Waals surface area (Å²) in [5.74, 6) is 0. The molecule has 37 heavy (non-hydrogen) atoms. The first-order valence-electron chi connectivity index (χ1n) is 11.6. The minimum atomic E-state index is -4.84. The number of nitrogens with one attached hydrogen (secondary N) is 1. The molecule has 2 aromatic heterocycles. The molecule has 0 saturated carbocycles. The molecule has 184 valence electrons. The van der Waals surface area contributed by atoms with Gasteiger partial charge in [0, 0.05) is 17.4 Å². The molecule has 0 aliphatic carbocycles. The van der Waals surface area contributed by atoms with Crippen LogP contribution in [0.1, 0.15) is 22.3 Å². The summed E-state index contributed by atoms with van der Waals surface area (Å²) in [6.07, 6.45) is -3.00. The van der Waals surface area contributed by atoms with Crippen molar-refractivity contribution in [3.63, 3.8) is 0 Å². The van der Waals surface area contributed by atoms with Gasteiger partial charge in [0.2, 0.25) is 0 Å². The van der Waals surface area contributed by atoms with Crippen molar-refractivity contribution in [2.45, 2.75) is 26.6 Å².